The molecule has 0 saturated heterocycles. The van der Waals surface area contributed by atoms with Crippen LogP contribution in [0.1, 0.15) is 54.1 Å². The summed E-state index contributed by atoms with van der Waals surface area (Å²) in [4.78, 5) is 0. The first-order chi connectivity index (χ1) is 10.1. The number of nitrogens with one attached hydrogen (secondary N) is 1. The van der Waals surface area contributed by atoms with Gasteiger partial charge in [0.15, 0.2) is 0 Å². The molecule has 0 fully saturated rings. The molecule has 0 saturated carbocycles. The van der Waals surface area contributed by atoms with Crippen molar-refractivity contribution < 1.29 is 0 Å². The van der Waals surface area contributed by atoms with Crippen LogP contribution in [0.4, 0.5) is 0 Å². The summed E-state index contributed by atoms with van der Waals surface area (Å²) in [7, 11) is 0. The summed E-state index contributed by atoms with van der Waals surface area (Å²) in [6.07, 6.45) is 2.36. The molecule has 1 N–H and O–H groups in total. The van der Waals surface area contributed by atoms with Gasteiger partial charge in [-0.3, -0.25) is 0 Å². The molecular formula is C20H27N. The van der Waals surface area contributed by atoms with E-state index in [0.717, 1.165) is 13.0 Å². The average molecular weight is 281 g/mol. The van der Waals surface area contributed by atoms with E-state index in [0.29, 0.717) is 0 Å². The van der Waals surface area contributed by atoms with Gasteiger partial charge >= 0.3 is 0 Å². The molecule has 0 spiro atoms. The van der Waals surface area contributed by atoms with Crippen LogP contribution in [-0.2, 0) is 6.42 Å². The van der Waals surface area contributed by atoms with Crippen LogP contribution in [0, 0.1) is 13.8 Å². The highest BCUT2D eigenvalue weighted by Gasteiger charge is 2.13. The molecular weight excluding hydrogens is 254 g/mol. The first-order valence-electron chi connectivity index (χ1n) is 8.04. The average Bonchev–Trinajstić information content (AvgIpc) is 2.45. The summed E-state index contributed by atoms with van der Waals surface area (Å²) < 4.78 is 0. The lowest BCUT2D eigenvalue weighted by atomic mass is 9.94. The third-order valence-electron chi connectivity index (χ3n) is 3.84. The summed E-state index contributed by atoms with van der Waals surface area (Å²) in [6, 6.07) is 16.2. The van der Waals surface area contributed by atoms with Crippen molar-refractivity contribution in [2.75, 3.05) is 6.54 Å². The Morgan fingerprint density at radius 2 is 1.48 bits per heavy atom. The normalized spacial score (nSPS) is 12.4. The van der Waals surface area contributed by atoms with Gasteiger partial charge in [-0.1, -0.05) is 73.9 Å². The number of hydrogen-bond donors (Lipinski definition) is 1. The number of rotatable bonds is 6. The maximum absolute atomic E-state index is 3.62. The molecule has 0 aliphatic rings. The Labute approximate surface area is 129 Å². The van der Waals surface area contributed by atoms with E-state index in [1.165, 1.54) is 34.2 Å². The number of benzene rings is 2. The molecule has 0 radical (unpaired) electrons. The first-order valence-corrected chi connectivity index (χ1v) is 8.04. The lowest BCUT2D eigenvalue weighted by Gasteiger charge is -2.20. The molecule has 1 heteroatoms. The van der Waals surface area contributed by atoms with E-state index in [-0.39, 0.29) is 6.04 Å². The van der Waals surface area contributed by atoms with Crippen molar-refractivity contribution in [1.29, 1.82) is 0 Å². The zero-order valence-corrected chi connectivity index (χ0v) is 13.7. The van der Waals surface area contributed by atoms with E-state index >= 15 is 0 Å². The standard InChI is InChI=1S/C20H27N/c1-5-7-17-8-10-18(11-9-17)20(21-6-2)19-13-15(3)12-16(4)14-19/h8-14,20-21H,5-7H2,1-4H3. The minimum atomic E-state index is 0.282. The highest BCUT2D eigenvalue weighted by Crippen LogP contribution is 2.24. The Hall–Kier alpha value is -1.60. The number of aryl methyl sites for hydroxylation is 3. The van der Waals surface area contributed by atoms with Crippen LogP contribution in [0.25, 0.3) is 0 Å². The van der Waals surface area contributed by atoms with E-state index < -0.39 is 0 Å². The largest absolute Gasteiger partial charge is 0.307 e. The summed E-state index contributed by atoms with van der Waals surface area (Å²) >= 11 is 0. The van der Waals surface area contributed by atoms with Crippen LogP contribution < -0.4 is 5.32 Å². The highest BCUT2D eigenvalue weighted by molar-refractivity contribution is 5.37. The van der Waals surface area contributed by atoms with Crippen LogP contribution in [0.3, 0.4) is 0 Å². The van der Waals surface area contributed by atoms with Crippen molar-refractivity contribution in [1.82, 2.24) is 5.32 Å². The molecule has 0 aliphatic carbocycles. The second-order valence-corrected chi connectivity index (χ2v) is 5.90. The zero-order chi connectivity index (χ0) is 15.2. The Bertz CT molecular complexity index is 549. The molecule has 1 unspecified atom stereocenters. The number of hydrogen-bond acceptors (Lipinski definition) is 1. The van der Waals surface area contributed by atoms with Crippen LogP contribution in [0.15, 0.2) is 42.5 Å². The van der Waals surface area contributed by atoms with E-state index in [2.05, 4.69) is 75.5 Å². The van der Waals surface area contributed by atoms with E-state index in [1.54, 1.807) is 0 Å². The van der Waals surface area contributed by atoms with Crippen LogP contribution in [0.5, 0.6) is 0 Å². The Morgan fingerprint density at radius 1 is 0.857 bits per heavy atom. The van der Waals surface area contributed by atoms with Crippen molar-refractivity contribution in [2.24, 2.45) is 0 Å². The monoisotopic (exact) mass is 281 g/mol. The lowest BCUT2D eigenvalue weighted by Crippen LogP contribution is -2.22. The molecule has 21 heavy (non-hydrogen) atoms. The minimum Gasteiger partial charge on any atom is -0.307 e. The summed E-state index contributed by atoms with van der Waals surface area (Å²) in [6.45, 7) is 9.70. The molecule has 0 heterocycles. The SMILES string of the molecule is CCCc1ccc(C(NCC)c2cc(C)cc(C)c2)cc1. The predicted molar refractivity (Wildman–Crippen MR) is 91.9 cm³/mol. The van der Waals surface area contributed by atoms with Gasteiger partial charge in [-0.2, -0.15) is 0 Å². The highest BCUT2D eigenvalue weighted by atomic mass is 14.9. The molecule has 0 aliphatic heterocycles. The van der Waals surface area contributed by atoms with E-state index in [1.807, 2.05) is 0 Å². The molecule has 1 atom stereocenters. The van der Waals surface area contributed by atoms with E-state index in [4.69, 9.17) is 0 Å². The van der Waals surface area contributed by atoms with Crippen LogP contribution in [0.2, 0.25) is 0 Å². The summed E-state index contributed by atoms with van der Waals surface area (Å²) in [5, 5.41) is 3.62. The molecule has 0 aromatic heterocycles. The van der Waals surface area contributed by atoms with Crippen molar-refractivity contribution in [3.63, 3.8) is 0 Å². The fourth-order valence-electron chi connectivity index (χ4n) is 2.97. The second-order valence-electron chi connectivity index (χ2n) is 5.90. The van der Waals surface area contributed by atoms with Gasteiger partial charge in [-0.15, -0.1) is 0 Å². The third-order valence-corrected chi connectivity index (χ3v) is 3.84. The molecule has 2 aromatic carbocycles. The topological polar surface area (TPSA) is 12.0 Å². The van der Waals surface area contributed by atoms with Gasteiger partial charge in [-0.05, 0) is 43.5 Å². The quantitative estimate of drug-likeness (QED) is 0.789. The Balaban J connectivity index is 2.33. The summed E-state index contributed by atoms with van der Waals surface area (Å²) in [5.74, 6) is 0. The van der Waals surface area contributed by atoms with Crippen LogP contribution >= 0.6 is 0 Å². The van der Waals surface area contributed by atoms with Gasteiger partial charge < -0.3 is 5.32 Å². The van der Waals surface area contributed by atoms with Crippen molar-refractivity contribution in [3.8, 4) is 0 Å². The fraction of sp³-hybridized carbons (Fsp3) is 0.400. The van der Waals surface area contributed by atoms with Gasteiger partial charge in [0.25, 0.3) is 0 Å². The van der Waals surface area contributed by atoms with Gasteiger partial charge in [0.05, 0.1) is 6.04 Å². The summed E-state index contributed by atoms with van der Waals surface area (Å²) in [5.41, 5.74) is 6.79. The van der Waals surface area contributed by atoms with Crippen molar-refractivity contribution >= 4 is 0 Å². The molecule has 112 valence electrons. The second kappa shape index (κ2) is 7.42. The predicted octanol–water partition coefficient (Wildman–Crippen LogP) is 4.95. The van der Waals surface area contributed by atoms with Gasteiger partial charge in [-0.25, -0.2) is 0 Å². The molecule has 0 bridgehead atoms. The first kappa shape index (κ1) is 15.8. The van der Waals surface area contributed by atoms with E-state index in [9.17, 15) is 0 Å². The smallest absolute Gasteiger partial charge is 0.0576 e. The maximum Gasteiger partial charge on any atom is 0.0576 e. The van der Waals surface area contributed by atoms with Crippen LogP contribution in [-0.4, -0.2) is 6.54 Å². The van der Waals surface area contributed by atoms with Gasteiger partial charge in [0.2, 0.25) is 0 Å². The lowest BCUT2D eigenvalue weighted by molar-refractivity contribution is 0.629. The van der Waals surface area contributed by atoms with Gasteiger partial charge in [0.1, 0.15) is 0 Å². The maximum atomic E-state index is 3.62. The Kier molecular flexibility index (Phi) is 5.58. The molecule has 0 amide bonds. The van der Waals surface area contributed by atoms with Gasteiger partial charge in [0, 0.05) is 0 Å². The molecule has 2 aromatic rings. The zero-order valence-electron chi connectivity index (χ0n) is 13.7. The molecule has 2 rings (SSSR count). The third kappa shape index (κ3) is 4.18. The minimum absolute atomic E-state index is 0.282. The Morgan fingerprint density at radius 3 is 2.00 bits per heavy atom. The van der Waals surface area contributed by atoms with Crippen molar-refractivity contribution in [3.05, 3.63) is 70.3 Å². The molecule has 1 nitrogen and oxygen atoms in total. The van der Waals surface area contributed by atoms with Crippen molar-refractivity contribution in [2.45, 2.75) is 46.6 Å². The fourth-order valence-corrected chi connectivity index (χ4v) is 2.97.